The Bertz CT molecular complexity index is 498. The van der Waals surface area contributed by atoms with Crippen molar-refractivity contribution in [1.82, 2.24) is 15.1 Å². The molecule has 0 radical (unpaired) electrons. The lowest BCUT2D eigenvalue weighted by Gasteiger charge is -2.18. The summed E-state index contributed by atoms with van der Waals surface area (Å²) in [7, 11) is 4.09. The third-order valence-electron chi connectivity index (χ3n) is 4.35. The fourth-order valence-corrected chi connectivity index (χ4v) is 3.37. The Labute approximate surface area is 145 Å². The van der Waals surface area contributed by atoms with Crippen LogP contribution in [0.5, 0.6) is 0 Å². The van der Waals surface area contributed by atoms with E-state index in [0.29, 0.717) is 11.8 Å². The molecule has 0 spiro atoms. The van der Waals surface area contributed by atoms with Gasteiger partial charge in [0.1, 0.15) is 0 Å². The van der Waals surface area contributed by atoms with E-state index in [9.17, 15) is 4.79 Å². The normalized spacial score (nSPS) is 23.0. The Morgan fingerprint density at radius 2 is 1.86 bits per heavy atom. The fraction of sp³-hybridized carbons (Fsp3) is 0.562. The average molecular weight is 346 g/mol. The molecule has 2 atom stereocenters. The van der Waals surface area contributed by atoms with E-state index in [2.05, 4.69) is 16.3 Å². The van der Waals surface area contributed by atoms with Crippen LogP contribution in [0, 0.1) is 11.8 Å². The second-order valence-corrected chi connectivity index (χ2v) is 6.33. The quantitative estimate of drug-likeness (QED) is 0.908. The van der Waals surface area contributed by atoms with Crippen molar-refractivity contribution in [1.29, 1.82) is 0 Å². The van der Waals surface area contributed by atoms with Crippen LogP contribution in [0.2, 0.25) is 0 Å². The first-order valence-electron chi connectivity index (χ1n) is 7.37. The van der Waals surface area contributed by atoms with Crippen molar-refractivity contribution in [2.24, 2.45) is 11.8 Å². The van der Waals surface area contributed by atoms with E-state index in [0.717, 1.165) is 38.3 Å². The highest BCUT2D eigenvalue weighted by molar-refractivity contribution is 5.94. The molecule has 0 aromatic heterocycles. The summed E-state index contributed by atoms with van der Waals surface area (Å²) in [5, 5.41) is 3.41. The van der Waals surface area contributed by atoms with Gasteiger partial charge < -0.3 is 15.1 Å². The molecule has 2 heterocycles. The number of carbonyl (C=O) groups excluding carboxylic acids is 1. The van der Waals surface area contributed by atoms with E-state index in [1.54, 1.807) is 0 Å². The minimum Gasteiger partial charge on any atom is -0.338 e. The van der Waals surface area contributed by atoms with Crippen molar-refractivity contribution >= 4 is 30.7 Å². The third-order valence-corrected chi connectivity index (χ3v) is 4.35. The van der Waals surface area contributed by atoms with Gasteiger partial charge in [0.2, 0.25) is 0 Å². The Morgan fingerprint density at radius 3 is 2.45 bits per heavy atom. The van der Waals surface area contributed by atoms with E-state index in [4.69, 9.17) is 0 Å². The number of carbonyl (C=O) groups is 1. The molecule has 0 saturated carbocycles. The Balaban J connectivity index is 0.00000121. The SMILES string of the molecule is CN(C)Cc1cccc(C(=O)N2C[C@H]3CNC[C@H]3C2)c1.Cl.Cl. The van der Waals surface area contributed by atoms with Gasteiger partial charge in [-0.3, -0.25) is 4.79 Å². The lowest BCUT2D eigenvalue weighted by atomic mass is 10.0. The van der Waals surface area contributed by atoms with Crippen LogP contribution in [0.3, 0.4) is 0 Å². The second kappa shape index (κ2) is 8.16. The Kier molecular flexibility index (Phi) is 7.13. The van der Waals surface area contributed by atoms with Crippen LogP contribution in [0.1, 0.15) is 15.9 Å². The first-order chi connectivity index (χ1) is 9.63. The lowest BCUT2D eigenvalue weighted by Crippen LogP contribution is -2.31. The molecule has 2 fully saturated rings. The van der Waals surface area contributed by atoms with Crippen molar-refractivity contribution in [2.45, 2.75) is 6.54 Å². The molecule has 22 heavy (non-hydrogen) atoms. The second-order valence-electron chi connectivity index (χ2n) is 6.33. The minimum atomic E-state index is 0. The van der Waals surface area contributed by atoms with E-state index in [1.165, 1.54) is 5.56 Å². The molecule has 4 nitrogen and oxygen atoms in total. The number of halogens is 2. The molecule has 0 bridgehead atoms. The van der Waals surface area contributed by atoms with Gasteiger partial charge in [-0.1, -0.05) is 12.1 Å². The molecule has 124 valence electrons. The summed E-state index contributed by atoms with van der Waals surface area (Å²) < 4.78 is 0. The first-order valence-corrected chi connectivity index (χ1v) is 7.37. The molecule has 0 unspecified atom stereocenters. The number of nitrogens with zero attached hydrogens (tertiary/aromatic N) is 2. The van der Waals surface area contributed by atoms with Crippen LogP contribution in [0.15, 0.2) is 24.3 Å². The van der Waals surface area contributed by atoms with Gasteiger partial charge >= 0.3 is 0 Å². The van der Waals surface area contributed by atoms with Gasteiger partial charge in [-0.25, -0.2) is 0 Å². The highest BCUT2D eigenvalue weighted by atomic mass is 35.5. The van der Waals surface area contributed by atoms with Gasteiger partial charge in [0.25, 0.3) is 5.91 Å². The molecule has 2 aliphatic heterocycles. The van der Waals surface area contributed by atoms with Crippen LogP contribution >= 0.6 is 24.8 Å². The smallest absolute Gasteiger partial charge is 0.253 e. The number of benzene rings is 1. The number of rotatable bonds is 3. The topological polar surface area (TPSA) is 35.6 Å². The van der Waals surface area contributed by atoms with Gasteiger partial charge in [0, 0.05) is 38.3 Å². The van der Waals surface area contributed by atoms with Crippen molar-refractivity contribution < 1.29 is 4.79 Å². The van der Waals surface area contributed by atoms with E-state index < -0.39 is 0 Å². The zero-order chi connectivity index (χ0) is 14.1. The van der Waals surface area contributed by atoms with Crippen LogP contribution in [-0.2, 0) is 6.54 Å². The van der Waals surface area contributed by atoms with Crippen molar-refractivity contribution in [3.8, 4) is 0 Å². The van der Waals surface area contributed by atoms with E-state index >= 15 is 0 Å². The highest BCUT2D eigenvalue weighted by Crippen LogP contribution is 2.27. The largest absolute Gasteiger partial charge is 0.338 e. The van der Waals surface area contributed by atoms with Crippen LogP contribution < -0.4 is 5.32 Å². The molecule has 1 N–H and O–H groups in total. The maximum atomic E-state index is 12.6. The molecule has 0 aliphatic carbocycles. The summed E-state index contributed by atoms with van der Waals surface area (Å²) in [4.78, 5) is 16.8. The van der Waals surface area contributed by atoms with Crippen molar-refractivity contribution in [3.05, 3.63) is 35.4 Å². The van der Waals surface area contributed by atoms with Crippen LogP contribution in [-0.4, -0.2) is 56.0 Å². The summed E-state index contributed by atoms with van der Waals surface area (Å²) >= 11 is 0. The molecule has 1 aromatic rings. The summed E-state index contributed by atoms with van der Waals surface area (Å²) in [5.41, 5.74) is 2.03. The maximum absolute atomic E-state index is 12.6. The van der Waals surface area contributed by atoms with E-state index in [-0.39, 0.29) is 30.7 Å². The molecule has 1 amide bonds. The number of amides is 1. The number of nitrogens with one attached hydrogen (secondary N) is 1. The minimum absolute atomic E-state index is 0. The summed E-state index contributed by atoms with van der Waals surface area (Å²) in [6.45, 7) is 4.82. The van der Waals surface area contributed by atoms with Gasteiger partial charge in [-0.05, 0) is 43.6 Å². The number of fused-ring (bicyclic) bond motifs is 1. The molecule has 1 aromatic carbocycles. The Morgan fingerprint density at radius 1 is 1.23 bits per heavy atom. The lowest BCUT2D eigenvalue weighted by molar-refractivity contribution is 0.0781. The highest BCUT2D eigenvalue weighted by Gasteiger charge is 2.38. The monoisotopic (exact) mass is 345 g/mol. The summed E-state index contributed by atoms with van der Waals surface area (Å²) in [5.74, 6) is 1.51. The number of hydrogen-bond acceptors (Lipinski definition) is 3. The van der Waals surface area contributed by atoms with Crippen molar-refractivity contribution in [2.75, 3.05) is 40.3 Å². The zero-order valence-electron chi connectivity index (χ0n) is 13.1. The fourth-order valence-electron chi connectivity index (χ4n) is 3.37. The molecule has 2 saturated heterocycles. The van der Waals surface area contributed by atoms with Crippen LogP contribution in [0.25, 0.3) is 0 Å². The van der Waals surface area contributed by atoms with Gasteiger partial charge in [-0.15, -0.1) is 24.8 Å². The van der Waals surface area contributed by atoms with Gasteiger partial charge in [0.05, 0.1) is 0 Å². The molecular weight excluding hydrogens is 321 g/mol. The number of likely N-dealkylation sites (tertiary alicyclic amines) is 1. The standard InChI is InChI=1S/C16H23N3O.2ClH/c1-18(2)9-12-4-3-5-13(6-12)16(20)19-10-14-7-17-8-15(14)11-19;;/h3-6,14-15,17H,7-11H2,1-2H3;2*1H/t14-,15+;;. The predicted octanol–water partition coefficient (Wildman–Crippen LogP) is 1.88. The first kappa shape index (κ1) is 19.2. The molecule has 2 aliphatic rings. The zero-order valence-corrected chi connectivity index (χ0v) is 14.8. The Hall–Kier alpha value is -0.810. The van der Waals surface area contributed by atoms with Gasteiger partial charge in [0.15, 0.2) is 0 Å². The number of hydrogen-bond donors (Lipinski definition) is 1. The van der Waals surface area contributed by atoms with Crippen LogP contribution in [0.4, 0.5) is 0 Å². The maximum Gasteiger partial charge on any atom is 0.253 e. The molecule has 3 rings (SSSR count). The average Bonchev–Trinajstić information content (AvgIpc) is 2.98. The predicted molar refractivity (Wildman–Crippen MR) is 94.1 cm³/mol. The molecule has 6 heteroatoms. The summed E-state index contributed by atoms with van der Waals surface area (Å²) in [6, 6.07) is 8.05. The van der Waals surface area contributed by atoms with Gasteiger partial charge in [-0.2, -0.15) is 0 Å². The third kappa shape index (κ3) is 4.13. The summed E-state index contributed by atoms with van der Waals surface area (Å²) in [6.07, 6.45) is 0. The molecular formula is C16H25Cl2N3O. The van der Waals surface area contributed by atoms with E-state index in [1.807, 2.05) is 37.2 Å². The van der Waals surface area contributed by atoms with Crippen molar-refractivity contribution in [3.63, 3.8) is 0 Å².